The lowest BCUT2D eigenvalue weighted by Gasteiger charge is -2.30. The molecule has 3 rings (SSSR count). The third-order valence-electron chi connectivity index (χ3n) is 4.77. The van der Waals surface area contributed by atoms with Gasteiger partial charge in [0.2, 0.25) is 5.91 Å². The molecule has 0 radical (unpaired) electrons. The molecule has 0 aromatic heterocycles. The summed E-state index contributed by atoms with van der Waals surface area (Å²) >= 11 is 0. The lowest BCUT2D eigenvalue weighted by atomic mass is 10.00. The van der Waals surface area contributed by atoms with E-state index in [9.17, 15) is 14.4 Å². The second-order valence-electron chi connectivity index (χ2n) is 6.71. The number of benzene rings is 1. The molecule has 2 aliphatic heterocycles. The zero-order chi connectivity index (χ0) is 20.1. The number of nitrogens with one attached hydrogen (secondary N) is 3. The van der Waals surface area contributed by atoms with E-state index < -0.39 is 18.0 Å². The van der Waals surface area contributed by atoms with Crippen molar-refractivity contribution in [3.63, 3.8) is 0 Å². The standard InChI is InChI=1S/C18H23N5O5/c19-16(21-15(24)8-9-20-17(25)26)14-7-6-13-10-22(14)18(27)23(13)28-11-12-4-2-1-3-5-12/h1-5,13-14,20H,6-11H2,(H,25,26)(H2,19,21,24)/t13-,14+/m1/s1. The predicted molar refractivity (Wildman–Crippen MR) is 98.5 cm³/mol. The molecule has 0 unspecified atom stereocenters. The van der Waals surface area contributed by atoms with Crippen molar-refractivity contribution >= 4 is 23.9 Å². The van der Waals surface area contributed by atoms with E-state index in [2.05, 4.69) is 10.6 Å². The van der Waals surface area contributed by atoms with Gasteiger partial charge in [-0.3, -0.25) is 15.0 Å². The van der Waals surface area contributed by atoms with Crippen LogP contribution in [0, 0.1) is 5.41 Å². The number of nitrogens with zero attached hydrogens (tertiary/aromatic N) is 2. The summed E-state index contributed by atoms with van der Waals surface area (Å²) in [5.41, 5.74) is 0.957. The highest BCUT2D eigenvalue weighted by molar-refractivity contribution is 6.01. The van der Waals surface area contributed by atoms with Gasteiger partial charge < -0.3 is 20.6 Å². The number of amidine groups is 1. The van der Waals surface area contributed by atoms with E-state index in [1.54, 1.807) is 0 Å². The molecule has 2 atom stereocenters. The Morgan fingerprint density at radius 1 is 1.25 bits per heavy atom. The van der Waals surface area contributed by atoms with Crippen LogP contribution >= 0.6 is 0 Å². The number of carboxylic acid groups (broad SMARTS) is 1. The molecule has 0 saturated carbocycles. The summed E-state index contributed by atoms with van der Waals surface area (Å²) in [5.74, 6) is -0.526. The van der Waals surface area contributed by atoms with Crippen LogP contribution in [-0.4, -0.2) is 64.1 Å². The molecule has 10 nitrogen and oxygen atoms in total. The summed E-state index contributed by atoms with van der Waals surface area (Å²) in [5, 5.41) is 22.6. The quantitative estimate of drug-likeness (QED) is 0.410. The molecule has 10 heteroatoms. The van der Waals surface area contributed by atoms with E-state index in [4.69, 9.17) is 15.4 Å². The first-order valence-corrected chi connectivity index (χ1v) is 9.07. The monoisotopic (exact) mass is 389 g/mol. The Morgan fingerprint density at radius 3 is 2.71 bits per heavy atom. The van der Waals surface area contributed by atoms with E-state index >= 15 is 0 Å². The molecule has 0 spiro atoms. The molecule has 2 bridgehead atoms. The minimum absolute atomic E-state index is 0.0368. The fraction of sp³-hybridized carbons (Fsp3) is 0.444. The largest absolute Gasteiger partial charge is 0.465 e. The minimum Gasteiger partial charge on any atom is -0.465 e. The Bertz CT molecular complexity index is 756. The van der Waals surface area contributed by atoms with Crippen LogP contribution in [0.2, 0.25) is 0 Å². The van der Waals surface area contributed by atoms with Gasteiger partial charge in [-0.2, -0.15) is 5.06 Å². The van der Waals surface area contributed by atoms with Crippen LogP contribution in [0.25, 0.3) is 0 Å². The van der Waals surface area contributed by atoms with Crippen molar-refractivity contribution in [2.24, 2.45) is 0 Å². The molecule has 0 aliphatic carbocycles. The minimum atomic E-state index is -1.21. The van der Waals surface area contributed by atoms with Gasteiger partial charge in [-0.25, -0.2) is 9.59 Å². The zero-order valence-corrected chi connectivity index (χ0v) is 15.3. The van der Waals surface area contributed by atoms with Crippen LogP contribution in [-0.2, 0) is 16.2 Å². The smallest absolute Gasteiger partial charge is 0.404 e. The maximum Gasteiger partial charge on any atom is 0.404 e. The Labute approximate surface area is 161 Å². The predicted octanol–water partition coefficient (Wildman–Crippen LogP) is 1.14. The Balaban J connectivity index is 1.52. The fourth-order valence-corrected chi connectivity index (χ4v) is 3.40. The molecule has 2 fully saturated rings. The van der Waals surface area contributed by atoms with Crippen molar-refractivity contribution in [3.05, 3.63) is 35.9 Å². The summed E-state index contributed by atoms with van der Waals surface area (Å²) < 4.78 is 0. The van der Waals surface area contributed by atoms with Crippen molar-refractivity contribution < 1.29 is 24.3 Å². The molecule has 4 amide bonds. The third-order valence-corrected chi connectivity index (χ3v) is 4.77. The van der Waals surface area contributed by atoms with Gasteiger partial charge >= 0.3 is 12.1 Å². The third kappa shape index (κ3) is 4.58. The summed E-state index contributed by atoms with van der Waals surface area (Å²) in [6.07, 6.45) is -0.0710. The summed E-state index contributed by atoms with van der Waals surface area (Å²) in [4.78, 5) is 42.2. The number of hydrogen-bond donors (Lipinski definition) is 4. The first-order chi connectivity index (χ1) is 13.5. The number of carbonyl (C=O) groups excluding carboxylic acids is 2. The average Bonchev–Trinajstić information content (AvgIpc) is 2.90. The summed E-state index contributed by atoms with van der Waals surface area (Å²) in [7, 11) is 0. The summed E-state index contributed by atoms with van der Waals surface area (Å²) in [6.45, 7) is 0.689. The molecular weight excluding hydrogens is 366 g/mol. The molecule has 2 aliphatic rings. The van der Waals surface area contributed by atoms with E-state index in [0.29, 0.717) is 19.4 Å². The normalized spacial score (nSPS) is 20.8. The van der Waals surface area contributed by atoms with Gasteiger partial charge in [0.15, 0.2) is 0 Å². The molecule has 150 valence electrons. The topological polar surface area (TPSA) is 135 Å². The zero-order valence-electron chi connectivity index (χ0n) is 15.3. The Morgan fingerprint density at radius 2 is 2.00 bits per heavy atom. The average molecular weight is 389 g/mol. The number of amides is 4. The van der Waals surface area contributed by atoms with E-state index in [1.807, 2.05) is 30.3 Å². The lowest BCUT2D eigenvalue weighted by Crippen LogP contribution is -2.51. The highest BCUT2D eigenvalue weighted by Gasteiger charge is 2.47. The van der Waals surface area contributed by atoms with Crippen LogP contribution in [0.15, 0.2) is 30.3 Å². The number of carbonyl (C=O) groups is 3. The number of piperidine rings is 1. The van der Waals surface area contributed by atoms with Gasteiger partial charge in [0.1, 0.15) is 12.4 Å². The second kappa shape index (κ2) is 8.70. The first kappa shape index (κ1) is 19.6. The lowest BCUT2D eigenvalue weighted by molar-refractivity contribution is -0.140. The van der Waals surface area contributed by atoms with Crippen molar-refractivity contribution in [2.75, 3.05) is 13.1 Å². The van der Waals surface area contributed by atoms with Crippen LogP contribution in [0.3, 0.4) is 0 Å². The van der Waals surface area contributed by atoms with Crippen LogP contribution < -0.4 is 10.6 Å². The van der Waals surface area contributed by atoms with E-state index in [1.165, 1.54) is 9.96 Å². The molecule has 28 heavy (non-hydrogen) atoms. The van der Waals surface area contributed by atoms with E-state index in [0.717, 1.165) is 5.56 Å². The van der Waals surface area contributed by atoms with Crippen molar-refractivity contribution in [1.29, 1.82) is 5.41 Å². The molecule has 1 aromatic carbocycles. The van der Waals surface area contributed by atoms with Gasteiger partial charge in [-0.05, 0) is 18.4 Å². The Kier molecular flexibility index (Phi) is 6.09. The van der Waals surface area contributed by atoms with Gasteiger partial charge in [-0.15, -0.1) is 0 Å². The highest BCUT2D eigenvalue weighted by Crippen LogP contribution is 2.30. The number of hydrogen-bond acceptors (Lipinski definition) is 5. The molecule has 2 saturated heterocycles. The van der Waals surface area contributed by atoms with Crippen molar-refractivity contribution in [1.82, 2.24) is 20.6 Å². The number of fused-ring (bicyclic) bond motifs is 2. The van der Waals surface area contributed by atoms with Gasteiger partial charge in [0.25, 0.3) is 0 Å². The number of urea groups is 1. The molecule has 2 heterocycles. The van der Waals surface area contributed by atoms with Gasteiger partial charge in [-0.1, -0.05) is 30.3 Å². The maximum atomic E-state index is 12.7. The molecule has 4 N–H and O–H groups in total. The van der Waals surface area contributed by atoms with Crippen LogP contribution in [0.4, 0.5) is 9.59 Å². The SMILES string of the molecule is N=C(NC(=O)CCNC(=O)O)[C@@H]1CC[C@@H]2CN1C(=O)N2OCc1ccccc1. The van der Waals surface area contributed by atoms with Crippen LogP contribution in [0.1, 0.15) is 24.8 Å². The van der Waals surface area contributed by atoms with Gasteiger partial charge in [0, 0.05) is 19.5 Å². The fourth-order valence-electron chi connectivity index (χ4n) is 3.40. The summed E-state index contributed by atoms with van der Waals surface area (Å²) in [6, 6.07) is 8.64. The second-order valence-corrected chi connectivity index (χ2v) is 6.71. The highest BCUT2D eigenvalue weighted by atomic mass is 16.7. The number of hydroxylamine groups is 2. The van der Waals surface area contributed by atoms with Crippen molar-refractivity contribution in [2.45, 2.75) is 38.0 Å². The first-order valence-electron chi connectivity index (χ1n) is 9.07. The van der Waals surface area contributed by atoms with Gasteiger partial charge in [0.05, 0.1) is 12.1 Å². The van der Waals surface area contributed by atoms with Crippen molar-refractivity contribution in [3.8, 4) is 0 Å². The van der Waals surface area contributed by atoms with Crippen LogP contribution in [0.5, 0.6) is 0 Å². The molecular formula is C18H23N5O5. The van der Waals surface area contributed by atoms with E-state index in [-0.39, 0.29) is 37.5 Å². The maximum absolute atomic E-state index is 12.7. The Hall–Kier alpha value is -3.14. The number of rotatable bonds is 7. The molecule has 1 aromatic rings.